The van der Waals surface area contributed by atoms with Crippen LogP contribution >= 0.6 is 0 Å². The molecule has 2 aromatic rings. The molecule has 11 heteroatoms. The maximum Gasteiger partial charge on any atom is 0.267 e. The van der Waals surface area contributed by atoms with Crippen LogP contribution in [0.4, 0.5) is 22.0 Å². The largest absolute Gasteiger partial charge is 0.364 e. The van der Waals surface area contributed by atoms with Gasteiger partial charge in [0.05, 0.1) is 5.75 Å². The third-order valence-corrected chi connectivity index (χ3v) is 5.87. The van der Waals surface area contributed by atoms with Gasteiger partial charge in [0.1, 0.15) is 16.8 Å². The molecule has 1 heterocycles. The summed E-state index contributed by atoms with van der Waals surface area (Å²) >= 11 is 0. The van der Waals surface area contributed by atoms with Crippen molar-refractivity contribution in [1.29, 1.82) is 0 Å². The highest BCUT2D eigenvalue weighted by atomic mass is 32.2. The molecule has 2 N–H and O–H groups in total. The van der Waals surface area contributed by atoms with Gasteiger partial charge in [-0.2, -0.15) is 0 Å². The molecule has 152 valence electrons. The minimum Gasteiger partial charge on any atom is -0.364 e. The number of hydrogen-bond acceptors (Lipinski definition) is 4. The lowest BCUT2D eigenvalue weighted by Crippen LogP contribution is -2.25. The molecule has 5 nitrogen and oxygen atoms in total. The van der Waals surface area contributed by atoms with Gasteiger partial charge in [0, 0.05) is 18.2 Å². The number of hydrogen-bond donors (Lipinski definition) is 1. The fraction of sp³-hybridized carbons (Fsp3) is 0.294. The molecule has 0 aliphatic rings. The van der Waals surface area contributed by atoms with Crippen molar-refractivity contribution in [2.45, 2.75) is 24.5 Å². The minimum absolute atomic E-state index is 0.264. The Balaban J connectivity index is 2.66. The van der Waals surface area contributed by atoms with Gasteiger partial charge in [-0.15, -0.1) is 0 Å². The first-order valence-electron chi connectivity index (χ1n) is 7.82. The van der Waals surface area contributed by atoms with Crippen molar-refractivity contribution >= 4 is 15.7 Å². The minimum atomic E-state index is -4.64. The zero-order valence-electron chi connectivity index (χ0n) is 14.4. The summed E-state index contributed by atoms with van der Waals surface area (Å²) in [6.45, 7) is 0.490. The van der Waals surface area contributed by atoms with Crippen LogP contribution in [-0.2, 0) is 9.84 Å². The average Bonchev–Trinajstić information content (AvgIpc) is 2.60. The number of aromatic nitrogens is 1. The summed E-state index contributed by atoms with van der Waals surface area (Å²) in [7, 11) is -4.64. The molecular formula is C17H15F5N2O3S. The molecule has 2 rings (SSSR count). The van der Waals surface area contributed by atoms with Crippen LogP contribution in [0.3, 0.4) is 0 Å². The second kappa shape index (κ2) is 7.82. The first-order chi connectivity index (χ1) is 12.8. The number of nitrogens with two attached hydrogens (primary N) is 1. The summed E-state index contributed by atoms with van der Waals surface area (Å²) in [6, 6.07) is 3.00. The second-order valence-corrected chi connectivity index (χ2v) is 8.37. The number of benzene rings is 1. The smallest absolute Gasteiger partial charge is 0.267 e. The maximum atomic E-state index is 14.3. The second-order valence-electron chi connectivity index (χ2n) is 6.17. The van der Waals surface area contributed by atoms with Crippen LogP contribution in [0, 0.1) is 17.5 Å². The zero-order chi connectivity index (χ0) is 21.3. The van der Waals surface area contributed by atoms with E-state index in [1.54, 1.807) is 0 Å². The number of halogens is 5. The molecule has 28 heavy (non-hydrogen) atoms. The number of primary amides is 1. The summed E-state index contributed by atoms with van der Waals surface area (Å²) in [6.07, 6.45) is -0.298. The predicted octanol–water partition coefficient (Wildman–Crippen LogP) is 3.15. The number of sulfone groups is 1. The van der Waals surface area contributed by atoms with E-state index in [4.69, 9.17) is 5.73 Å². The predicted molar refractivity (Wildman–Crippen MR) is 89.9 cm³/mol. The molecule has 0 saturated carbocycles. The number of pyridine rings is 1. The highest BCUT2D eigenvalue weighted by molar-refractivity contribution is 7.91. The third kappa shape index (κ3) is 4.83. The van der Waals surface area contributed by atoms with Gasteiger partial charge in [-0.05, 0) is 30.7 Å². The van der Waals surface area contributed by atoms with E-state index in [-0.39, 0.29) is 11.3 Å². The molecule has 1 unspecified atom stereocenters. The molecule has 1 aromatic carbocycles. The van der Waals surface area contributed by atoms with Gasteiger partial charge in [0.25, 0.3) is 5.91 Å². The van der Waals surface area contributed by atoms with Crippen LogP contribution in [0.15, 0.2) is 30.5 Å². The molecule has 0 spiro atoms. The Hall–Kier alpha value is -2.56. The monoisotopic (exact) mass is 422 g/mol. The number of carbonyl (C=O) groups is 1. The van der Waals surface area contributed by atoms with E-state index in [2.05, 4.69) is 4.98 Å². The lowest BCUT2D eigenvalue weighted by Gasteiger charge is -2.21. The van der Waals surface area contributed by atoms with E-state index in [0.717, 1.165) is 18.3 Å². The van der Waals surface area contributed by atoms with Gasteiger partial charge in [-0.25, -0.2) is 30.4 Å². The van der Waals surface area contributed by atoms with Gasteiger partial charge in [0.15, 0.2) is 21.5 Å². The SMILES string of the molecule is CC(F)(F)CCS(=O)(=O)C(c1ccc(C(N)=O)nc1)c1c(F)ccc(F)c1F. The molecule has 0 radical (unpaired) electrons. The number of amides is 1. The Morgan fingerprint density at radius 3 is 2.25 bits per heavy atom. The summed E-state index contributed by atoms with van der Waals surface area (Å²) in [5.41, 5.74) is 3.26. The van der Waals surface area contributed by atoms with Crippen molar-refractivity contribution in [2.75, 3.05) is 5.75 Å². The van der Waals surface area contributed by atoms with E-state index < -0.39 is 62.1 Å². The summed E-state index contributed by atoms with van der Waals surface area (Å²) in [5.74, 6) is -10.1. The quantitative estimate of drug-likeness (QED) is 0.548. The van der Waals surface area contributed by atoms with E-state index in [1.165, 1.54) is 0 Å². The number of alkyl halides is 2. The molecule has 1 atom stereocenters. The lowest BCUT2D eigenvalue weighted by atomic mass is 10.0. The van der Waals surface area contributed by atoms with Crippen molar-refractivity contribution in [3.63, 3.8) is 0 Å². The number of rotatable bonds is 7. The fourth-order valence-electron chi connectivity index (χ4n) is 2.48. The molecule has 0 fully saturated rings. The Labute approximate surface area is 157 Å². The van der Waals surface area contributed by atoms with Crippen LogP contribution < -0.4 is 5.73 Å². The van der Waals surface area contributed by atoms with E-state index >= 15 is 0 Å². The number of carbonyl (C=O) groups excluding carboxylic acids is 1. The van der Waals surface area contributed by atoms with Gasteiger partial charge < -0.3 is 5.73 Å². The molecule has 1 aromatic heterocycles. The molecule has 0 saturated heterocycles. The van der Waals surface area contributed by atoms with Crippen molar-refractivity contribution in [2.24, 2.45) is 5.73 Å². The van der Waals surface area contributed by atoms with Gasteiger partial charge >= 0.3 is 0 Å². The number of nitrogens with zero attached hydrogens (tertiary/aromatic N) is 1. The third-order valence-electron chi connectivity index (χ3n) is 3.87. The topological polar surface area (TPSA) is 90.1 Å². The van der Waals surface area contributed by atoms with Crippen molar-refractivity contribution in [3.8, 4) is 0 Å². The van der Waals surface area contributed by atoms with E-state index in [1.807, 2.05) is 0 Å². The lowest BCUT2D eigenvalue weighted by molar-refractivity contribution is 0.0189. The Morgan fingerprint density at radius 2 is 1.75 bits per heavy atom. The van der Waals surface area contributed by atoms with Gasteiger partial charge in [-0.3, -0.25) is 9.78 Å². The normalized spacial score (nSPS) is 13.4. The van der Waals surface area contributed by atoms with E-state index in [0.29, 0.717) is 19.1 Å². The zero-order valence-corrected chi connectivity index (χ0v) is 15.2. The van der Waals surface area contributed by atoms with Gasteiger partial charge in [0.2, 0.25) is 5.92 Å². The molecule has 0 bridgehead atoms. The maximum absolute atomic E-state index is 14.3. The Bertz CT molecular complexity index is 989. The van der Waals surface area contributed by atoms with Crippen LogP contribution in [0.25, 0.3) is 0 Å². The van der Waals surface area contributed by atoms with Crippen LogP contribution in [0.1, 0.15) is 40.2 Å². The molecule has 0 aliphatic carbocycles. The van der Waals surface area contributed by atoms with Crippen molar-refractivity contribution in [3.05, 3.63) is 64.7 Å². The van der Waals surface area contributed by atoms with Crippen molar-refractivity contribution in [1.82, 2.24) is 4.98 Å². The molecule has 0 aliphatic heterocycles. The van der Waals surface area contributed by atoms with Crippen molar-refractivity contribution < 1.29 is 35.2 Å². The highest BCUT2D eigenvalue weighted by Gasteiger charge is 2.37. The molecule has 1 amide bonds. The van der Waals surface area contributed by atoms with Crippen LogP contribution in [0.5, 0.6) is 0 Å². The summed E-state index contributed by atoms with van der Waals surface area (Å²) in [5, 5.41) is -2.15. The summed E-state index contributed by atoms with van der Waals surface area (Å²) in [4.78, 5) is 14.7. The summed E-state index contributed by atoms with van der Waals surface area (Å²) < 4.78 is 93.9. The van der Waals surface area contributed by atoms with Crippen LogP contribution in [0.2, 0.25) is 0 Å². The van der Waals surface area contributed by atoms with Crippen LogP contribution in [-0.4, -0.2) is 31.0 Å². The van der Waals surface area contributed by atoms with E-state index in [9.17, 15) is 35.2 Å². The molecular weight excluding hydrogens is 407 g/mol. The fourth-order valence-corrected chi connectivity index (χ4v) is 4.49. The first kappa shape index (κ1) is 21.7. The Kier molecular flexibility index (Phi) is 6.07. The highest BCUT2D eigenvalue weighted by Crippen LogP contribution is 2.36. The average molecular weight is 422 g/mol. The standard InChI is InChI=1S/C17H15F5N2O3S/c1-17(21,22)6-7-28(26,27)15(9-2-5-12(16(23)25)24-8-9)13-10(18)3-4-11(19)14(13)20/h2-5,8,15H,6-7H2,1H3,(H2,23,25). The Morgan fingerprint density at radius 1 is 1.14 bits per heavy atom. The first-order valence-corrected chi connectivity index (χ1v) is 9.53. The van der Waals surface area contributed by atoms with Gasteiger partial charge in [-0.1, -0.05) is 6.07 Å².